The summed E-state index contributed by atoms with van der Waals surface area (Å²) in [5.41, 5.74) is 1.08. The maximum atomic E-state index is 9.80. The molecule has 0 aliphatic rings. The lowest BCUT2D eigenvalue weighted by Crippen LogP contribution is -2.30. The van der Waals surface area contributed by atoms with Gasteiger partial charge < -0.3 is 15.1 Å². The van der Waals surface area contributed by atoms with E-state index in [0.29, 0.717) is 6.54 Å². The molecule has 0 aliphatic carbocycles. The third-order valence-corrected chi connectivity index (χ3v) is 2.94. The van der Waals surface area contributed by atoms with Crippen LogP contribution >= 0.6 is 0 Å². The number of aliphatic hydroxyl groups is 2. The van der Waals surface area contributed by atoms with Crippen molar-refractivity contribution in [1.82, 2.24) is 9.88 Å². The lowest BCUT2D eigenvalue weighted by atomic mass is 10.1. The van der Waals surface area contributed by atoms with Crippen LogP contribution in [-0.4, -0.2) is 52.9 Å². The van der Waals surface area contributed by atoms with Crippen LogP contribution in [0.15, 0.2) is 24.4 Å². The molecule has 0 saturated carbocycles. The molecule has 0 bridgehead atoms. The number of pyridine rings is 1. The van der Waals surface area contributed by atoms with Crippen LogP contribution in [0, 0.1) is 0 Å². The van der Waals surface area contributed by atoms with Crippen LogP contribution in [0.5, 0.6) is 0 Å². The molecule has 0 fully saturated rings. The molecule has 1 rings (SSSR count). The minimum Gasteiger partial charge on any atom is -0.396 e. The van der Waals surface area contributed by atoms with Crippen molar-refractivity contribution in [2.45, 2.75) is 31.8 Å². The zero-order valence-electron chi connectivity index (χ0n) is 11.1. The molecule has 1 atom stereocenters. The van der Waals surface area contributed by atoms with Crippen LogP contribution in [0.4, 0.5) is 0 Å². The van der Waals surface area contributed by atoms with Crippen LogP contribution in [-0.2, 0) is 6.42 Å². The van der Waals surface area contributed by atoms with Crippen molar-refractivity contribution in [2.24, 2.45) is 0 Å². The largest absolute Gasteiger partial charge is 0.396 e. The predicted octanol–water partition coefficient (Wildman–Crippen LogP) is 1.08. The summed E-state index contributed by atoms with van der Waals surface area (Å²) in [6.45, 7) is 1.79. The number of hydrogen-bond donors (Lipinski definition) is 2. The Morgan fingerprint density at radius 2 is 2.17 bits per heavy atom. The number of nitrogens with zero attached hydrogens (tertiary/aromatic N) is 2. The lowest BCUT2D eigenvalue weighted by Gasteiger charge is -2.20. The van der Waals surface area contributed by atoms with Crippen molar-refractivity contribution in [2.75, 3.05) is 26.7 Å². The molecule has 0 aliphatic heterocycles. The molecule has 4 heteroatoms. The maximum absolute atomic E-state index is 9.80. The number of unbranched alkanes of at least 4 members (excludes halogenated alkanes) is 1. The minimum atomic E-state index is -0.301. The van der Waals surface area contributed by atoms with Crippen molar-refractivity contribution >= 4 is 0 Å². The molecule has 0 saturated heterocycles. The van der Waals surface area contributed by atoms with Gasteiger partial charge in [-0.2, -0.15) is 0 Å². The summed E-state index contributed by atoms with van der Waals surface area (Å²) in [6.07, 6.45) is 4.82. The van der Waals surface area contributed by atoms with Crippen molar-refractivity contribution in [3.05, 3.63) is 30.1 Å². The van der Waals surface area contributed by atoms with Gasteiger partial charge in [0.15, 0.2) is 0 Å². The molecule has 0 aromatic carbocycles. The summed E-state index contributed by atoms with van der Waals surface area (Å²) in [7, 11) is 2.01. The summed E-state index contributed by atoms with van der Waals surface area (Å²) < 4.78 is 0. The van der Waals surface area contributed by atoms with Gasteiger partial charge in [-0.05, 0) is 38.4 Å². The molecule has 1 aromatic rings. The summed E-state index contributed by atoms with van der Waals surface area (Å²) in [5, 5.41) is 18.5. The monoisotopic (exact) mass is 252 g/mol. The standard InChI is InChI=1S/C14H24N2O2/c1-16(12-14(18)7-3-5-11-17)10-8-13-6-2-4-9-15-13/h2,4,6,9,14,17-18H,3,5,7-8,10-12H2,1H3. The fourth-order valence-corrected chi connectivity index (χ4v) is 1.89. The molecule has 0 amide bonds. The Labute approximate surface area is 109 Å². The van der Waals surface area contributed by atoms with Gasteiger partial charge in [0.2, 0.25) is 0 Å². The van der Waals surface area contributed by atoms with Gasteiger partial charge >= 0.3 is 0 Å². The summed E-state index contributed by atoms with van der Waals surface area (Å²) >= 11 is 0. The van der Waals surface area contributed by atoms with Crippen molar-refractivity contribution in [3.8, 4) is 0 Å². The van der Waals surface area contributed by atoms with Crippen LogP contribution in [0.2, 0.25) is 0 Å². The molecule has 4 nitrogen and oxygen atoms in total. The number of aliphatic hydroxyl groups excluding tert-OH is 2. The first-order chi connectivity index (χ1) is 8.72. The fourth-order valence-electron chi connectivity index (χ4n) is 1.89. The smallest absolute Gasteiger partial charge is 0.0667 e. The summed E-state index contributed by atoms with van der Waals surface area (Å²) in [5.74, 6) is 0. The van der Waals surface area contributed by atoms with E-state index in [4.69, 9.17) is 5.11 Å². The average Bonchev–Trinajstić information content (AvgIpc) is 2.38. The van der Waals surface area contributed by atoms with E-state index in [1.807, 2.05) is 25.2 Å². The Balaban J connectivity index is 2.15. The van der Waals surface area contributed by atoms with Gasteiger partial charge in [-0.3, -0.25) is 4.98 Å². The van der Waals surface area contributed by atoms with Crippen molar-refractivity contribution < 1.29 is 10.2 Å². The molecule has 0 radical (unpaired) electrons. The zero-order valence-corrected chi connectivity index (χ0v) is 11.1. The zero-order chi connectivity index (χ0) is 13.2. The van der Waals surface area contributed by atoms with E-state index in [9.17, 15) is 5.11 Å². The van der Waals surface area contributed by atoms with Gasteiger partial charge in [0.1, 0.15) is 0 Å². The molecule has 1 heterocycles. The minimum absolute atomic E-state index is 0.211. The quantitative estimate of drug-likeness (QED) is 0.646. The van der Waals surface area contributed by atoms with E-state index < -0.39 is 0 Å². The Morgan fingerprint density at radius 1 is 1.33 bits per heavy atom. The van der Waals surface area contributed by atoms with E-state index in [1.54, 1.807) is 6.20 Å². The Bertz CT molecular complexity index is 306. The number of likely N-dealkylation sites (N-methyl/N-ethyl adjacent to an activating group) is 1. The van der Waals surface area contributed by atoms with Gasteiger partial charge in [-0.15, -0.1) is 0 Å². The highest BCUT2D eigenvalue weighted by atomic mass is 16.3. The van der Waals surface area contributed by atoms with Crippen LogP contribution in [0.3, 0.4) is 0 Å². The third kappa shape index (κ3) is 6.69. The molecule has 1 aromatic heterocycles. The molecular formula is C14H24N2O2. The summed E-state index contributed by atoms with van der Waals surface area (Å²) in [6, 6.07) is 5.93. The van der Waals surface area contributed by atoms with E-state index in [0.717, 1.165) is 37.9 Å². The molecule has 0 spiro atoms. The van der Waals surface area contributed by atoms with E-state index >= 15 is 0 Å². The number of hydrogen-bond acceptors (Lipinski definition) is 4. The highest BCUT2D eigenvalue weighted by Gasteiger charge is 2.08. The van der Waals surface area contributed by atoms with Gasteiger partial charge in [-0.25, -0.2) is 0 Å². The second-order valence-corrected chi connectivity index (χ2v) is 4.71. The normalized spacial score (nSPS) is 12.9. The first-order valence-corrected chi connectivity index (χ1v) is 6.59. The van der Waals surface area contributed by atoms with Crippen molar-refractivity contribution in [3.63, 3.8) is 0 Å². The molecule has 2 N–H and O–H groups in total. The second kappa shape index (κ2) is 9.03. The SMILES string of the molecule is CN(CCc1ccccn1)CC(O)CCCCO. The van der Waals surface area contributed by atoms with Crippen LogP contribution in [0.1, 0.15) is 25.0 Å². The van der Waals surface area contributed by atoms with Gasteiger partial charge in [-0.1, -0.05) is 6.07 Å². The van der Waals surface area contributed by atoms with E-state index in [2.05, 4.69) is 9.88 Å². The number of rotatable bonds is 9. The lowest BCUT2D eigenvalue weighted by molar-refractivity contribution is 0.113. The fraction of sp³-hybridized carbons (Fsp3) is 0.643. The number of aromatic nitrogens is 1. The average molecular weight is 252 g/mol. The van der Waals surface area contributed by atoms with Gasteiger partial charge in [0.05, 0.1) is 6.10 Å². The highest BCUT2D eigenvalue weighted by Crippen LogP contribution is 2.03. The molecular weight excluding hydrogens is 228 g/mol. The molecule has 102 valence electrons. The maximum Gasteiger partial charge on any atom is 0.0667 e. The van der Waals surface area contributed by atoms with Crippen LogP contribution in [0.25, 0.3) is 0 Å². The van der Waals surface area contributed by atoms with E-state index in [1.165, 1.54) is 0 Å². The topological polar surface area (TPSA) is 56.6 Å². The van der Waals surface area contributed by atoms with Crippen LogP contribution < -0.4 is 0 Å². The highest BCUT2D eigenvalue weighted by molar-refractivity contribution is 5.03. The van der Waals surface area contributed by atoms with Gasteiger partial charge in [0.25, 0.3) is 0 Å². The van der Waals surface area contributed by atoms with Crippen molar-refractivity contribution in [1.29, 1.82) is 0 Å². The second-order valence-electron chi connectivity index (χ2n) is 4.71. The van der Waals surface area contributed by atoms with E-state index in [-0.39, 0.29) is 12.7 Å². The third-order valence-electron chi connectivity index (χ3n) is 2.94. The predicted molar refractivity (Wildman–Crippen MR) is 72.4 cm³/mol. The molecule has 1 unspecified atom stereocenters. The Hall–Kier alpha value is -0.970. The Morgan fingerprint density at radius 3 is 2.83 bits per heavy atom. The summed E-state index contributed by atoms with van der Waals surface area (Å²) in [4.78, 5) is 6.40. The van der Waals surface area contributed by atoms with Gasteiger partial charge in [0, 0.05) is 38.0 Å². The Kier molecular flexibility index (Phi) is 7.57. The molecule has 18 heavy (non-hydrogen) atoms. The first-order valence-electron chi connectivity index (χ1n) is 6.59. The first kappa shape index (κ1) is 15.1.